The third-order valence-corrected chi connectivity index (χ3v) is 4.51. The highest BCUT2D eigenvalue weighted by atomic mass is 35.5. The Morgan fingerprint density at radius 1 is 1.22 bits per heavy atom. The average Bonchev–Trinajstić information content (AvgIpc) is 2.25. The van der Waals surface area contributed by atoms with Crippen molar-refractivity contribution in [1.82, 2.24) is 14.3 Å². The van der Waals surface area contributed by atoms with Crippen molar-refractivity contribution < 1.29 is 8.42 Å². The van der Waals surface area contributed by atoms with Crippen LogP contribution in [-0.4, -0.2) is 35.3 Å². The molecule has 1 aromatic heterocycles. The standard InChI is InChI=1S/C11H18ClN3O2S/c1-8(2)7-15(9(3)4)18(16,17)10-5-13-11(12)14-6-10/h5-6,8-9H,7H2,1-4H3. The number of aromatic nitrogens is 2. The zero-order valence-corrected chi connectivity index (χ0v) is 12.5. The number of sulfonamides is 1. The first kappa shape index (κ1) is 15.3. The van der Waals surface area contributed by atoms with Gasteiger partial charge in [-0.3, -0.25) is 0 Å². The second-order valence-electron chi connectivity index (χ2n) is 4.75. The molecule has 0 fully saturated rings. The van der Waals surface area contributed by atoms with Crippen molar-refractivity contribution in [2.45, 2.75) is 38.6 Å². The molecule has 1 aromatic rings. The maximum atomic E-state index is 12.4. The SMILES string of the molecule is CC(C)CN(C(C)C)S(=O)(=O)c1cnc(Cl)nc1. The van der Waals surface area contributed by atoms with E-state index >= 15 is 0 Å². The molecule has 7 heteroatoms. The summed E-state index contributed by atoms with van der Waals surface area (Å²) in [6.45, 7) is 8.10. The van der Waals surface area contributed by atoms with Gasteiger partial charge in [-0.1, -0.05) is 13.8 Å². The first-order chi connectivity index (χ1) is 8.25. The highest BCUT2D eigenvalue weighted by Gasteiger charge is 2.28. The molecule has 0 aromatic carbocycles. The monoisotopic (exact) mass is 291 g/mol. The average molecular weight is 292 g/mol. The molecule has 0 bridgehead atoms. The lowest BCUT2D eigenvalue weighted by Gasteiger charge is -2.27. The van der Waals surface area contributed by atoms with Crippen LogP contribution in [-0.2, 0) is 10.0 Å². The lowest BCUT2D eigenvalue weighted by molar-refractivity contribution is 0.318. The molecule has 1 heterocycles. The van der Waals surface area contributed by atoms with E-state index in [1.807, 2.05) is 27.7 Å². The van der Waals surface area contributed by atoms with Gasteiger partial charge in [0.15, 0.2) is 0 Å². The molecule has 0 atom stereocenters. The van der Waals surface area contributed by atoms with E-state index in [1.165, 1.54) is 16.7 Å². The summed E-state index contributed by atoms with van der Waals surface area (Å²) in [7, 11) is -3.56. The molecule has 0 saturated carbocycles. The molecule has 0 amide bonds. The van der Waals surface area contributed by atoms with Gasteiger partial charge in [-0.2, -0.15) is 4.31 Å². The molecule has 0 N–H and O–H groups in total. The van der Waals surface area contributed by atoms with Crippen molar-refractivity contribution >= 4 is 21.6 Å². The third kappa shape index (κ3) is 3.63. The van der Waals surface area contributed by atoms with Crippen LogP contribution in [0.2, 0.25) is 5.28 Å². The molecule has 0 spiro atoms. The van der Waals surface area contributed by atoms with Gasteiger partial charge < -0.3 is 0 Å². The van der Waals surface area contributed by atoms with Crippen LogP contribution < -0.4 is 0 Å². The Kier molecular flexibility index (Phi) is 5.07. The normalized spacial score (nSPS) is 12.7. The molecule has 0 aliphatic heterocycles. The van der Waals surface area contributed by atoms with Gasteiger partial charge in [0.25, 0.3) is 0 Å². The first-order valence-corrected chi connectivity index (χ1v) is 7.56. The Balaban J connectivity index is 3.13. The van der Waals surface area contributed by atoms with Crippen molar-refractivity contribution in [3.05, 3.63) is 17.7 Å². The van der Waals surface area contributed by atoms with Gasteiger partial charge in [-0.15, -0.1) is 0 Å². The fourth-order valence-electron chi connectivity index (χ4n) is 1.52. The Hall–Kier alpha value is -0.720. The number of halogens is 1. The first-order valence-electron chi connectivity index (χ1n) is 5.74. The van der Waals surface area contributed by atoms with Crippen LogP contribution in [0.15, 0.2) is 17.3 Å². The van der Waals surface area contributed by atoms with Crippen LogP contribution in [0.1, 0.15) is 27.7 Å². The van der Waals surface area contributed by atoms with E-state index < -0.39 is 10.0 Å². The quantitative estimate of drug-likeness (QED) is 0.780. The van der Waals surface area contributed by atoms with Crippen LogP contribution in [0.3, 0.4) is 0 Å². The molecule has 0 unspecified atom stereocenters. The van der Waals surface area contributed by atoms with Gasteiger partial charge in [0.05, 0.1) is 12.4 Å². The summed E-state index contributed by atoms with van der Waals surface area (Å²) in [6, 6.07) is -0.118. The van der Waals surface area contributed by atoms with Crippen molar-refractivity contribution in [3.8, 4) is 0 Å². The molecule has 0 radical (unpaired) electrons. The van der Waals surface area contributed by atoms with Crippen LogP contribution >= 0.6 is 11.6 Å². The summed E-state index contributed by atoms with van der Waals surface area (Å²) in [5, 5.41) is 0.0360. The summed E-state index contributed by atoms with van der Waals surface area (Å²) in [4.78, 5) is 7.50. The van der Waals surface area contributed by atoms with Gasteiger partial charge >= 0.3 is 0 Å². The number of hydrogen-bond donors (Lipinski definition) is 0. The summed E-state index contributed by atoms with van der Waals surface area (Å²) < 4.78 is 26.3. The minimum absolute atomic E-state index is 0.0360. The van der Waals surface area contributed by atoms with Crippen LogP contribution in [0.4, 0.5) is 0 Å². The molecule has 0 aliphatic rings. The third-order valence-electron chi connectivity index (χ3n) is 2.32. The highest BCUT2D eigenvalue weighted by Crippen LogP contribution is 2.18. The van der Waals surface area contributed by atoms with E-state index in [2.05, 4.69) is 9.97 Å². The zero-order chi connectivity index (χ0) is 13.9. The summed E-state index contributed by atoms with van der Waals surface area (Å²) in [5.41, 5.74) is 0. The molecule has 102 valence electrons. The smallest absolute Gasteiger partial charge is 0.225 e. The molecule has 0 saturated heterocycles. The molecule has 18 heavy (non-hydrogen) atoms. The van der Waals surface area contributed by atoms with E-state index in [0.29, 0.717) is 6.54 Å². The fraction of sp³-hybridized carbons (Fsp3) is 0.636. The van der Waals surface area contributed by atoms with Crippen LogP contribution in [0, 0.1) is 5.92 Å². The highest BCUT2D eigenvalue weighted by molar-refractivity contribution is 7.89. The number of nitrogens with zero attached hydrogens (tertiary/aromatic N) is 3. The van der Waals surface area contributed by atoms with Crippen molar-refractivity contribution in [3.63, 3.8) is 0 Å². The lowest BCUT2D eigenvalue weighted by Crippen LogP contribution is -2.39. The fourth-order valence-corrected chi connectivity index (χ4v) is 3.31. The predicted molar refractivity (Wildman–Crippen MR) is 70.9 cm³/mol. The van der Waals surface area contributed by atoms with Crippen LogP contribution in [0.25, 0.3) is 0 Å². The van der Waals surface area contributed by atoms with Crippen molar-refractivity contribution in [1.29, 1.82) is 0 Å². The van der Waals surface area contributed by atoms with Gasteiger partial charge in [-0.05, 0) is 31.4 Å². The van der Waals surface area contributed by atoms with Gasteiger partial charge in [0, 0.05) is 12.6 Å². The Morgan fingerprint density at radius 2 is 1.72 bits per heavy atom. The largest absolute Gasteiger partial charge is 0.246 e. The topological polar surface area (TPSA) is 63.2 Å². The summed E-state index contributed by atoms with van der Waals surface area (Å²) >= 11 is 5.56. The van der Waals surface area contributed by atoms with Crippen molar-refractivity contribution in [2.24, 2.45) is 5.92 Å². The van der Waals surface area contributed by atoms with E-state index in [9.17, 15) is 8.42 Å². The van der Waals surface area contributed by atoms with E-state index in [0.717, 1.165) is 0 Å². The Morgan fingerprint density at radius 3 is 2.11 bits per heavy atom. The minimum Gasteiger partial charge on any atom is -0.225 e. The maximum Gasteiger partial charge on any atom is 0.246 e. The van der Waals surface area contributed by atoms with Crippen molar-refractivity contribution in [2.75, 3.05) is 6.54 Å². The molecule has 5 nitrogen and oxygen atoms in total. The molecule has 1 rings (SSSR count). The van der Waals surface area contributed by atoms with E-state index in [-0.39, 0.29) is 22.1 Å². The molecular formula is C11H18ClN3O2S. The summed E-state index contributed by atoms with van der Waals surface area (Å²) in [6.07, 6.45) is 2.47. The van der Waals surface area contributed by atoms with Gasteiger partial charge in [-0.25, -0.2) is 18.4 Å². The molecule has 0 aliphatic carbocycles. The van der Waals surface area contributed by atoms with Gasteiger partial charge in [0.2, 0.25) is 15.3 Å². The number of hydrogen-bond acceptors (Lipinski definition) is 4. The number of rotatable bonds is 5. The zero-order valence-electron chi connectivity index (χ0n) is 11.0. The van der Waals surface area contributed by atoms with E-state index in [1.54, 1.807) is 0 Å². The van der Waals surface area contributed by atoms with Gasteiger partial charge in [0.1, 0.15) is 4.90 Å². The molecular weight excluding hydrogens is 274 g/mol. The second-order valence-corrected chi connectivity index (χ2v) is 6.98. The second kappa shape index (κ2) is 5.95. The summed E-state index contributed by atoms with van der Waals surface area (Å²) in [5.74, 6) is 0.246. The minimum atomic E-state index is -3.56. The Bertz CT molecular complexity index is 486. The van der Waals surface area contributed by atoms with Crippen LogP contribution in [0.5, 0.6) is 0 Å². The Labute approximate surface area is 113 Å². The predicted octanol–water partition coefficient (Wildman–Crippen LogP) is 2.19. The van der Waals surface area contributed by atoms with E-state index in [4.69, 9.17) is 11.6 Å². The maximum absolute atomic E-state index is 12.4. The lowest BCUT2D eigenvalue weighted by atomic mass is 10.2.